The van der Waals surface area contributed by atoms with E-state index in [9.17, 15) is 4.79 Å². The van der Waals surface area contributed by atoms with Gasteiger partial charge in [-0.05, 0) is 38.0 Å². The van der Waals surface area contributed by atoms with Gasteiger partial charge in [-0.1, -0.05) is 0 Å². The van der Waals surface area contributed by atoms with Crippen molar-refractivity contribution in [3.8, 4) is 0 Å². The Morgan fingerprint density at radius 2 is 2.00 bits per heavy atom. The van der Waals surface area contributed by atoms with E-state index in [2.05, 4.69) is 15.1 Å². The van der Waals surface area contributed by atoms with Gasteiger partial charge in [0.25, 0.3) is 5.91 Å². The molecule has 114 valence electrons. The first-order valence-corrected chi connectivity index (χ1v) is 7.85. The van der Waals surface area contributed by atoms with Gasteiger partial charge in [0, 0.05) is 44.3 Å². The maximum Gasteiger partial charge on any atom is 0.251 e. The molecule has 5 nitrogen and oxygen atoms in total. The quantitative estimate of drug-likeness (QED) is 0.820. The summed E-state index contributed by atoms with van der Waals surface area (Å²) < 4.78 is 0. The van der Waals surface area contributed by atoms with Crippen LogP contribution in [0.15, 0.2) is 18.2 Å². The van der Waals surface area contributed by atoms with Crippen LogP contribution in [0.3, 0.4) is 0 Å². The fraction of sp³-hybridized carbons (Fsp3) is 0.562. The predicted octanol–water partition coefficient (Wildman–Crippen LogP) is 1.30. The van der Waals surface area contributed by atoms with Crippen molar-refractivity contribution in [1.82, 2.24) is 10.2 Å². The maximum atomic E-state index is 12.0. The number of piperazine rings is 1. The van der Waals surface area contributed by atoms with Crippen LogP contribution >= 0.6 is 0 Å². The van der Waals surface area contributed by atoms with E-state index in [1.165, 1.54) is 12.8 Å². The third-order valence-corrected chi connectivity index (χ3v) is 4.35. The number of benzene rings is 1. The Kier molecular flexibility index (Phi) is 4.01. The minimum absolute atomic E-state index is 0.0321. The fourth-order valence-corrected chi connectivity index (χ4v) is 2.99. The lowest BCUT2D eigenvalue weighted by Crippen LogP contribution is -2.47. The largest absolute Gasteiger partial charge is 0.397 e. The number of nitrogens with zero attached hydrogens (tertiary/aromatic N) is 2. The molecule has 5 heteroatoms. The fourth-order valence-electron chi connectivity index (χ4n) is 2.99. The summed E-state index contributed by atoms with van der Waals surface area (Å²) in [5.74, 6) is -0.0321. The van der Waals surface area contributed by atoms with Gasteiger partial charge in [0.15, 0.2) is 0 Å². The first-order chi connectivity index (χ1) is 10.2. The number of hydrogen-bond acceptors (Lipinski definition) is 4. The van der Waals surface area contributed by atoms with Gasteiger partial charge in [-0.3, -0.25) is 9.69 Å². The molecule has 21 heavy (non-hydrogen) atoms. The molecule has 3 rings (SSSR count). The van der Waals surface area contributed by atoms with E-state index >= 15 is 0 Å². The molecule has 0 bridgehead atoms. The molecule has 1 aromatic rings. The molecule has 1 aliphatic carbocycles. The summed E-state index contributed by atoms with van der Waals surface area (Å²) in [6.45, 7) is 6.72. The van der Waals surface area contributed by atoms with E-state index in [0.29, 0.717) is 12.1 Å². The molecule has 0 spiro atoms. The first-order valence-electron chi connectivity index (χ1n) is 7.85. The molecule has 1 saturated carbocycles. The van der Waals surface area contributed by atoms with Crippen LogP contribution in [0, 0.1) is 0 Å². The number of amides is 1. The number of carbonyl (C=O) groups excluding carboxylic acids is 1. The van der Waals surface area contributed by atoms with Crippen molar-refractivity contribution in [2.24, 2.45) is 0 Å². The van der Waals surface area contributed by atoms with E-state index in [0.717, 1.165) is 43.6 Å². The Balaban J connectivity index is 1.71. The number of carbonyl (C=O) groups is 1. The van der Waals surface area contributed by atoms with Crippen LogP contribution in [0.2, 0.25) is 0 Å². The van der Waals surface area contributed by atoms with Gasteiger partial charge in [0.05, 0.1) is 11.4 Å². The molecule has 0 radical (unpaired) electrons. The standard InChI is InChI=1S/C16H24N4O/c1-2-18-16(21)12-3-6-14(17)15(11-12)20-9-7-19(8-10-20)13-4-5-13/h3,6,11,13H,2,4-5,7-10,17H2,1H3,(H,18,21). The zero-order chi connectivity index (χ0) is 14.8. The van der Waals surface area contributed by atoms with E-state index in [1.54, 1.807) is 6.07 Å². The molecule has 0 atom stereocenters. The summed E-state index contributed by atoms with van der Waals surface area (Å²) >= 11 is 0. The molecular formula is C16H24N4O. The summed E-state index contributed by atoms with van der Waals surface area (Å²) in [4.78, 5) is 16.8. The molecule has 1 amide bonds. The lowest BCUT2D eigenvalue weighted by molar-refractivity contribution is 0.0956. The second-order valence-corrected chi connectivity index (χ2v) is 5.89. The highest BCUT2D eigenvalue weighted by Gasteiger charge is 2.31. The van der Waals surface area contributed by atoms with E-state index in [4.69, 9.17) is 5.73 Å². The van der Waals surface area contributed by atoms with E-state index < -0.39 is 0 Å². The summed E-state index contributed by atoms with van der Waals surface area (Å²) in [5.41, 5.74) is 8.55. The highest BCUT2D eigenvalue weighted by atomic mass is 16.1. The van der Waals surface area contributed by atoms with Crippen LogP contribution in [0.5, 0.6) is 0 Å². The average molecular weight is 288 g/mol. The zero-order valence-electron chi connectivity index (χ0n) is 12.6. The van der Waals surface area contributed by atoms with Crippen molar-refractivity contribution < 1.29 is 4.79 Å². The molecule has 1 aliphatic heterocycles. The molecule has 0 unspecified atom stereocenters. The molecule has 2 aliphatic rings. The van der Waals surface area contributed by atoms with E-state index in [-0.39, 0.29) is 5.91 Å². The summed E-state index contributed by atoms with van der Waals surface area (Å²) in [5, 5.41) is 2.84. The van der Waals surface area contributed by atoms with Crippen LogP contribution in [0.1, 0.15) is 30.1 Å². The summed E-state index contributed by atoms with van der Waals surface area (Å²) in [6, 6.07) is 6.39. The minimum atomic E-state index is -0.0321. The van der Waals surface area contributed by atoms with Crippen LogP contribution in [-0.2, 0) is 0 Å². The van der Waals surface area contributed by atoms with Crippen molar-refractivity contribution >= 4 is 17.3 Å². The smallest absolute Gasteiger partial charge is 0.251 e. The Morgan fingerprint density at radius 3 is 2.62 bits per heavy atom. The van der Waals surface area contributed by atoms with Crippen molar-refractivity contribution in [2.45, 2.75) is 25.8 Å². The molecular weight excluding hydrogens is 264 g/mol. The van der Waals surface area contributed by atoms with Crippen LogP contribution in [0.25, 0.3) is 0 Å². The van der Waals surface area contributed by atoms with Crippen molar-refractivity contribution in [3.63, 3.8) is 0 Å². The van der Waals surface area contributed by atoms with Crippen LogP contribution in [-0.4, -0.2) is 49.6 Å². The van der Waals surface area contributed by atoms with Gasteiger partial charge in [-0.15, -0.1) is 0 Å². The monoisotopic (exact) mass is 288 g/mol. The predicted molar refractivity (Wildman–Crippen MR) is 85.7 cm³/mol. The lowest BCUT2D eigenvalue weighted by atomic mass is 10.1. The summed E-state index contributed by atoms with van der Waals surface area (Å²) in [6.07, 6.45) is 2.71. The number of nitrogens with two attached hydrogens (primary N) is 1. The van der Waals surface area contributed by atoms with Gasteiger partial charge in [0.1, 0.15) is 0 Å². The number of nitrogen functional groups attached to an aromatic ring is 1. The summed E-state index contributed by atoms with van der Waals surface area (Å²) in [7, 11) is 0. The normalized spacial score (nSPS) is 19.6. The Bertz CT molecular complexity index is 519. The average Bonchev–Trinajstić information content (AvgIpc) is 3.33. The molecule has 0 aromatic heterocycles. The molecule has 3 N–H and O–H groups in total. The Morgan fingerprint density at radius 1 is 1.29 bits per heavy atom. The number of nitrogens with one attached hydrogen (secondary N) is 1. The second kappa shape index (κ2) is 5.93. The molecule has 1 heterocycles. The maximum absolute atomic E-state index is 12.0. The minimum Gasteiger partial charge on any atom is -0.397 e. The van der Waals surface area contributed by atoms with Gasteiger partial charge in [-0.2, -0.15) is 0 Å². The van der Waals surface area contributed by atoms with Gasteiger partial charge in [-0.25, -0.2) is 0 Å². The van der Waals surface area contributed by atoms with Crippen molar-refractivity contribution in [1.29, 1.82) is 0 Å². The third-order valence-electron chi connectivity index (χ3n) is 4.35. The Hall–Kier alpha value is -1.75. The molecule has 1 aromatic carbocycles. The van der Waals surface area contributed by atoms with Gasteiger partial charge >= 0.3 is 0 Å². The first kappa shape index (κ1) is 14.2. The lowest BCUT2D eigenvalue weighted by Gasteiger charge is -2.36. The number of hydrogen-bond donors (Lipinski definition) is 2. The highest BCUT2D eigenvalue weighted by molar-refractivity contribution is 5.96. The highest BCUT2D eigenvalue weighted by Crippen LogP contribution is 2.30. The number of anilines is 2. The molecule has 2 fully saturated rings. The Labute approximate surface area is 126 Å². The SMILES string of the molecule is CCNC(=O)c1ccc(N)c(N2CCN(C3CC3)CC2)c1. The van der Waals surface area contributed by atoms with Crippen molar-refractivity contribution in [3.05, 3.63) is 23.8 Å². The molecule has 1 saturated heterocycles. The topological polar surface area (TPSA) is 61.6 Å². The van der Waals surface area contributed by atoms with Crippen LogP contribution < -0.4 is 16.0 Å². The second-order valence-electron chi connectivity index (χ2n) is 5.89. The van der Waals surface area contributed by atoms with Gasteiger partial charge in [0.2, 0.25) is 0 Å². The van der Waals surface area contributed by atoms with Gasteiger partial charge < -0.3 is 16.0 Å². The van der Waals surface area contributed by atoms with E-state index in [1.807, 2.05) is 19.1 Å². The van der Waals surface area contributed by atoms with Crippen LogP contribution in [0.4, 0.5) is 11.4 Å². The number of rotatable bonds is 4. The third kappa shape index (κ3) is 3.13. The van der Waals surface area contributed by atoms with Crippen molar-refractivity contribution in [2.75, 3.05) is 43.4 Å². The zero-order valence-corrected chi connectivity index (χ0v) is 12.6.